The van der Waals surface area contributed by atoms with Gasteiger partial charge >= 0.3 is 0 Å². The third-order valence-electron chi connectivity index (χ3n) is 3.45. The molecular formula is C15H18N6. The van der Waals surface area contributed by atoms with Crippen LogP contribution in [0.2, 0.25) is 0 Å². The summed E-state index contributed by atoms with van der Waals surface area (Å²) >= 11 is 0. The third-order valence-corrected chi connectivity index (χ3v) is 3.45. The maximum atomic E-state index is 6.43. The number of aryl methyl sites for hydroxylation is 2. The Morgan fingerprint density at radius 1 is 1.19 bits per heavy atom. The highest BCUT2D eigenvalue weighted by atomic mass is 15.4. The molecule has 2 N–H and O–H groups in total. The van der Waals surface area contributed by atoms with Gasteiger partial charge in [0, 0.05) is 6.54 Å². The summed E-state index contributed by atoms with van der Waals surface area (Å²) in [4.78, 5) is 0. The molecule has 3 rings (SSSR count). The molecule has 0 bridgehead atoms. The second kappa shape index (κ2) is 5.49. The molecule has 1 atom stereocenters. The van der Waals surface area contributed by atoms with Crippen LogP contribution in [0.5, 0.6) is 0 Å². The zero-order valence-corrected chi connectivity index (χ0v) is 12.1. The van der Waals surface area contributed by atoms with Crippen LogP contribution in [0, 0.1) is 6.92 Å². The Hall–Kier alpha value is -2.47. The summed E-state index contributed by atoms with van der Waals surface area (Å²) in [5.74, 6) is 0. The standard InChI is InChI=1S/C15H18N6/c1-3-20-13(9-11(2)18-20)15(16)14-10-17-19-21(14)12-7-5-4-6-8-12/h4-10,15H,3,16H2,1-2H3. The molecule has 0 saturated carbocycles. The van der Waals surface area contributed by atoms with Gasteiger partial charge in [-0.1, -0.05) is 23.4 Å². The summed E-state index contributed by atoms with van der Waals surface area (Å²) in [6.45, 7) is 4.80. The molecule has 0 saturated heterocycles. The summed E-state index contributed by atoms with van der Waals surface area (Å²) < 4.78 is 3.69. The Balaban J connectivity index is 2.03. The zero-order chi connectivity index (χ0) is 14.8. The second-order valence-corrected chi connectivity index (χ2v) is 4.91. The lowest BCUT2D eigenvalue weighted by Gasteiger charge is -2.14. The highest BCUT2D eigenvalue weighted by Gasteiger charge is 2.20. The zero-order valence-electron chi connectivity index (χ0n) is 12.1. The van der Waals surface area contributed by atoms with E-state index < -0.39 is 0 Å². The first kappa shape index (κ1) is 13.5. The van der Waals surface area contributed by atoms with Crippen LogP contribution in [-0.4, -0.2) is 24.8 Å². The average molecular weight is 282 g/mol. The maximum absolute atomic E-state index is 6.43. The fourth-order valence-corrected chi connectivity index (χ4v) is 2.45. The quantitative estimate of drug-likeness (QED) is 0.792. The topological polar surface area (TPSA) is 74.6 Å². The Labute approximate surface area is 123 Å². The van der Waals surface area contributed by atoms with E-state index in [4.69, 9.17) is 5.73 Å². The molecule has 1 unspecified atom stereocenters. The third kappa shape index (κ3) is 2.45. The first-order valence-electron chi connectivity index (χ1n) is 6.96. The lowest BCUT2D eigenvalue weighted by molar-refractivity contribution is 0.585. The van der Waals surface area contributed by atoms with Crippen molar-refractivity contribution in [2.45, 2.75) is 26.4 Å². The van der Waals surface area contributed by atoms with Crippen LogP contribution in [0.25, 0.3) is 5.69 Å². The monoisotopic (exact) mass is 282 g/mol. The van der Waals surface area contributed by atoms with Gasteiger partial charge in [-0.15, -0.1) is 5.10 Å². The minimum Gasteiger partial charge on any atom is -0.318 e. The number of hydrogen-bond donors (Lipinski definition) is 1. The molecular weight excluding hydrogens is 264 g/mol. The fourth-order valence-electron chi connectivity index (χ4n) is 2.45. The molecule has 0 fully saturated rings. The van der Waals surface area contributed by atoms with Crippen molar-refractivity contribution >= 4 is 0 Å². The van der Waals surface area contributed by atoms with Crippen molar-refractivity contribution < 1.29 is 0 Å². The molecule has 0 aliphatic rings. The predicted molar refractivity (Wildman–Crippen MR) is 80.0 cm³/mol. The smallest absolute Gasteiger partial charge is 0.0915 e. The summed E-state index contributed by atoms with van der Waals surface area (Å²) in [5.41, 5.74) is 10.1. The molecule has 1 aromatic carbocycles. The molecule has 6 nitrogen and oxygen atoms in total. The molecule has 21 heavy (non-hydrogen) atoms. The van der Waals surface area contributed by atoms with Crippen molar-refractivity contribution in [3.05, 3.63) is 59.7 Å². The van der Waals surface area contributed by atoms with Crippen LogP contribution >= 0.6 is 0 Å². The SMILES string of the molecule is CCn1nc(C)cc1C(N)c1cnnn1-c1ccccc1. The van der Waals surface area contributed by atoms with Crippen LogP contribution in [0.3, 0.4) is 0 Å². The van der Waals surface area contributed by atoms with Gasteiger partial charge in [0.1, 0.15) is 0 Å². The van der Waals surface area contributed by atoms with E-state index in [1.165, 1.54) is 0 Å². The first-order valence-corrected chi connectivity index (χ1v) is 6.96. The molecule has 0 spiro atoms. The summed E-state index contributed by atoms with van der Waals surface area (Å²) in [7, 11) is 0. The lowest BCUT2D eigenvalue weighted by Crippen LogP contribution is -2.20. The van der Waals surface area contributed by atoms with E-state index in [1.807, 2.05) is 48.0 Å². The molecule has 2 aromatic heterocycles. The number of benzene rings is 1. The van der Waals surface area contributed by atoms with Gasteiger partial charge in [-0.2, -0.15) is 5.10 Å². The Kier molecular flexibility index (Phi) is 3.53. The number of hydrogen-bond acceptors (Lipinski definition) is 4. The molecule has 108 valence electrons. The lowest BCUT2D eigenvalue weighted by atomic mass is 10.1. The molecule has 0 aliphatic carbocycles. The summed E-state index contributed by atoms with van der Waals surface area (Å²) in [5, 5.41) is 12.6. The van der Waals surface area contributed by atoms with E-state index in [2.05, 4.69) is 22.3 Å². The average Bonchev–Trinajstić information content (AvgIpc) is 3.13. The predicted octanol–water partition coefficient (Wildman–Crippen LogP) is 1.84. The van der Waals surface area contributed by atoms with E-state index in [0.717, 1.165) is 29.3 Å². The fraction of sp³-hybridized carbons (Fsp3) is 0.267. The van der Waals surface area contributed by atoms with Gasteiger partial charge in [0.15, 0.2) is 0 Å². The second-order valence-electron chi connectivity index (χ2n) is 4.91. The first-order chi connectivity index (χ1) is 10.2. The van der Waals surface area contributed by atoms with Crippen molar-refractivity contribution in [3.8, 4) is 5.69 Å². The Bertz CT molecular complexity index is 728. The van der Waals surface area contributed by atoms with Gasteiger partial charge in [0.2, 0.25) is 0 Å². The van der Waals surface area contributed by atoms with Crippen LogP contribution in [0.1, 0.15) is 30.0 Å². The Morgan fingerprint density at radius 3 is 2.67 bits per heavy atom. The number of nitrogens with two attached hydrogens (primary N) is 1. The molecule has 0 radical (unpaired) electrons. The molecule has 3 aromatic rings. The van der Waals surface area contributed by atoms with Crippen molar-refractivity contribution in [2.24, 2.45) is 5.73 Å². The molecule has 2 heterocycles. The van der Waals surface area contributed by atoms with Gasteiger partial charge < -0.3 is 5.73 Å². The van der Waals surface area contributed by atoms with E-state index in [0.29, 0.717) is 0 Å². The van der Waals surface area contributed by atoms with E-state index in [1.54, 1.807) is 10.9 Å². The summed E-state index contributed by atoms with van der Waals surface area (Å²) in [6, 6.07) is 11.5. The molecule has 0 aliphatic heterocycles. The Morgan fingerprint density at radius 2 is 1.95 bits per heavy atom. The minimum atomic E-state index is -0.318. The van der Waals surface area contributed by atoms with Crippen LogP contribution < -0.4 is 5.73 Å². The van der Waals surface area contributed by atoms with E-state index in [-0.39, 0.29) is 6.04 Å². The van der Waals surface area contributed by atoms with Gasteiger partial charge in [-0.3, -0.25) is 4.68 Å². The van der Waals surface area contributed by atoms with Crippen molar-refractivity contribution in [3.63, 3.8) is 0 Å². The van der Waals surface area contributed by atoms with Crippen LogP contribution in [-0.2, 0) is 6.54 Å². The van der Waals surface area contributed by atoms with Gasteiger partial charge in [0.25, 0.3) is 0 Å². The maximum Gasteiger partial charge on any atom is 0.0915 e. The molecule has 0 amide bonds. The van der Waals surface area contributed by atoms with Gasteiger partial charge in [-0.05, 0) is 32.0 Å². The minimum absolute atomic E-state index is 0.318. The highest BCUT2D eigenvalue weighted by Crippen LogP contribution is 2.22. The van der Waals surface area contributed by atoms with Crippen molar-refractivity contribution in [2.75, 3.05) is 0 Å². The van der Waals surface area contributed by atoms with Gasteiger partial charge in [0.05, 0.1) is 35.0 Å². The van der Waals surface area contributed by atoms with Crippen molar-refractivity contribution in [1.82, 2.24) is 24.8 Å². The highest BCUT2D eigenvalue weighted by molar-refractivity contribution is 5.34. The van der Waals surface area contributed by atoms with E-state index in [9.17, 15) is 0 Å². The van der Waals surface area contributed by atoms with Crippen molar-refractivity contribution in [1.29, 1.82) is 0 Å². The summed E-state index contributed by atoms with van der Waals surface area (Å²) in [6.07, 6.45) is 1.71. The van der Waals surface area contributed by atoms with E-state index >= 15 is 0 Å². The number of rotatable bonds is 4. The van der Waals surface area contributed by atoms with Crippen LogP contribution in [0.15, 0.2) is 42.6 Å². The normalized spacial score (nSPS) is 12.5. The van der Waals surface area contributed by atoms with Gasteiger partial charge in [-0.25, -0.2) is 4.68 Å². The largest absolute Gasteiger partial charge is 0.318 e. The number of nitrogens with zero attached hydrogens (tertiary/aromatic N) is 5. The van der Waals surface area contributed by atoms with Crippen LogP contribution in [0.4, 0.5) is 0 Å². The number of para-hydroxylation sites is 1. The number of aromatic nitrogens is 5. The molecule has 6 heteroatoms.